The molecule has 0 fully saturated rings. The van der Waals surface area contributed by atoms with Crippen molar-refractivity contribution in [3.8, 4) is 0 Å². The molecule has 1 rings (SSSR count). The van der Waals surface area contributed by atoms with Crippen molar-refractivity contribution in [2.75, 3.05) is 19.8 Å². The second-order valence-corrected chi connectivity index (χ2v) is 7.24. The largest absolute Gasteiger partial charge is 0.488 e. The lowest BCUT2D eigenvalue weighted by Gasteiger charge is -2.27. The predicted octanol–water partition coefficient (Wildman–Crippen LogP) is 2.02. The molecular weight excluding hydrogens is 316 g/mol. The van der Waals surface area contributed by atoms with Crippen LogP contribution in [0.25, 0.3) is 0 Å². The highest BCUT2D eigenvalue weighted by Crippen LogP contribution is 2.59. The zero-order chi connectivity index (χ0) is 17.3. The highest BCUT2D eigenvalue weighted by molar-refractivity contribution is 7.54. The molecule has 1 aromatic rings. The van der Waals surface area contributed by atoms with Crippen molar-refractivity contribution in [2.24, 2.45) is 0 Å². The summed E-state index contributed by atoms with van der Waals surface area (Å²) in [6.45, 7) is 6.90. The van der Waals surface area contributed by atoms with Gasteiger partial charge in [-0.05, 0) is 37.8 Å². The van der Waals surface area contributed by atoms with Crippen LogP contribution in [0, 0.1) is 0 Å². The first kappa shape index (κ1) is 20.4. The van der Waals surface area contributed by atoms with Crippen LogP contribution in [0.4, 0.5) is 0 Å². The summed E-state index contributed by atoms with van der Waals surface area (Å²) in [5, 5.41) is 21.6. The van der Waals surface area contributed by atoms with Gasteiger partial charge in [0.2, 0.25) is 0 Å². The fourth-order valence-electron chi connectivity index (χ4n) is 2.22. The summed E-state index contributed by atoms with van der Waals surface area (Å²) >= 11 is 0. The normalized spacial score (nSPS) is 13.1. The van der Waals surface area contributed by atoms with E-state index in [9.17, 15) is 14.6 Å². The van der Waals surface area contributed by atoms with E-state index in [-0.39, 0.29) is 13.2 Å². The van der Waals surface area contributed by atoms with Gasteiger partial charge in [0, 0.05) is 0 Å². The van der Waals surface area contributed by atoms with Crippen molar-refractivity contribution < 1.29 is 23.7 Å². The smallest absolute Gasteiger partial charge is 0.423 e. The molecule has 0 aromatic heterocycles. The van der Waals surface area contributed by atoms with Gasteiger partial charge in [0.15, 0.2) is 0 Å². The highest BCUT2D eigenvalue weighted by atomic mass is 31.2. The lowest BCUT2D eigenvalue weighted by atomic mass is 9.80. The molecule has 1 aromatic carbocycles. The van der Waals surface area contributed by atoms with Gasteiger partial charge in [-0.2, -0.15) is 0 Å². The van der Waals surface area contributed by atoms with E-state index in [1.807, 2.05) is 0 Å². The molecule has 0 spiro atoms. The Bertz CT molecular complexity index is 487. The van der Waals surface area contributed by atoms with Gasteiger partial charge >= 0.3 is 14.7 Å². The van der Waals surface area contributed by atoms with Gasteiger partial charge in [0.25, 0.3) is 0 Å². The van der Waals surface area contributed by atoms with Gasteiger partial charge in [0.05, 0.1) is 13.2 Å². The standard InChI is InChI=1S/C15H27BNO5P/c1-4-7-12-17-15(23(20,21-5-2)22-6-3)13-8-10-14(11-9-13)16(18)19/h8-11,15,17-19H,4-7,12H2,1-3H3/t15-/m1/s1. The molecule has 0 aliphatic carbocycles. The minimum Gasteiger partial charge on any atom is -0.423 e. The first-order chi connectivity index (χ1) is 11.0. The summed E-state index contributed by atoms with van der Waals surface area (Å²) in [7, 11) is -4.89. The number of hydrogen-bond acceptors (Lipinski definition) is 6. The maximum absolute atomic E-state index is 13.1. The van der Waals surface area contributed by atoms with Crippen LogP contribution in [0.5, 0.6) is 0 Å². The number of benzene rings is 1. The van der Waals surface area contributed by atoms with Crippen molar-refractivity contribution in [1.82, 2.24) is 5.32 Å². The van der Waals surface area contributed by atoms with Crippen molar-refractivity contribution >= 4 is 20.2 Å². The Morgan fingerprint density at radius 2 is 1.70 bits per heavy atom. The lowest BCUT2D eigenvalue weighted by molar-refractivity contribution is 0.207. The van der Waals surface area contributed by atoms with E-state index >= 15 is 0 Å². The fourth-order valence-corrected chi connectivity index (χ4v) is 4.21. The van der Waals surface area contributed by atoms with Crippen LogP contribution in [0.2, 0.25) is 0 Å². The summed E-state index contributed by atoms with van der Waals surface area (Å²) in [5.74, 6) is -0.584. The van der Waals surface area contributed by atoms with Crippen molar-refractivity contribution in [3.63, 3.8) is 0 Å². The van der Waals surface area contributed by atoms with E-state index in [2.05, 4.69) is 12.2 Å². The Hall–Kier alpha value is -0.685. The van der Waals surface area contributed by atoms with Gasteiger partial charge in [-0.25, -0.2) is 0 Å². The molecule has 0 heterocycles. The average molecular weight is 343 g/mol. The lowest BCUT2D eigenvalue weighted by Crippen LogP contribution is -2.30. The van der Waals surface area contributed by atoms with Crippen molar-refractivity contribution in [1.29, 1.82) is 0 Å². The van der Waals surface area contributed by atoms with Gasteiger partial charge in [-0.1, -0.05) is 37.6 Å². The van der Waals surface area contributed by atoms with E-state index < -0.39 is 20.5 Å². The Balaban J connectivity index is 3.09. The molecule has 0 aliphatic heterocycles. The monoisotopic (exact) mass is 343 g/mol. The topological polar surface area (TPSA) is 88.0 Å². The molecule has 8 heteroatoms. The maximum atomic E-state index is 13.1. The van der Waals surface area contributed by atoms with Crippen LogP contribution >= 0.6 is 7.60 Å². The van der Waals surface area contributed by atoms with E-state index in [4.69, 9.17) is 9.05 Å². The van der Waals surface area contributed by atoms with Crippen molar-refractivity contribution in [2.45, 2.75) is 39.4 Å². The molecular formula is C15H27BNO5P. The SMILES string of the molecule is CCCCN[C@@H](c1ccc(B(O)O)cc1)P(=O)(OCC)OCC. The number of nitrogens with one attached hydrogen (secondary N) is 1. The van der Waals surface area contributed by atoms with Gasteiger partial charge < -0.3 is 19.1 Å². The summed E-state index contributed by atoms with van der Waals surface area (Å²) in [5.41, 5.74) is 1.11. The number of rotatable bonds is 11. The second-order valence-electron chi connectivity index (χ2n) is 5.13. The molecule has 0 aliphatic rings. The maximum Gasteiger partial charge on any atom is 0.488 e. The molecule has 0 amide bonds. The van der Waals surface area contributed by atoms with Crippen LogP contribution in [0.15, 0.2) is 24.3 Å². The predicted molar refractivity (Wildman–Crippen MR) is 92.8 cm³/mol. The van der Waals surface area contributed by atoms with E-state index in [0.717, 1.165) is 18.4 Å². The van der Waals surface area contributed by atoms with Gasteiger partial charge in [0.1, 0.15) is 5.78 Å². The van der Waals surface area contributed by atoms with Gasteiger partial charge in [-0.15, -0.1) is 0 Å². The fraction of sp³-hybridized carbons (Fsp3) is 0.600. The van der Waals surface area contributed by atoms with E-state index in [1.165, 1.54) is 0 Å². The number of hydrogen-bond donors (Lipinski definition) is 3. The molecule has 1 atom stereocenters. The molecule has 23 heavy (non-hydrogen) atoms. The van der Waals surface area contributed by atoms with Crippen LogP contribution < -0.4 is 10.8 Å². The second kappa shape index (κ2) is 10.2. The van der Waals surface area contributed by atoms with Crippen LogP contribution in [0.3, 0.4) is 0 Å². The minimum atomic E-state index is -3.37. The zero-order valence-electron chi connectivity index (χ0n) is 14.1. The Kier molecular flexibility index (Phi) is 9.06. The minimum absolute atomic E-state index is 0.288. The Labute approximate surface area is 138 Å². The third-order valence-electron chi connectivity index (χ3n) is 3.35. The zero-order valence-corrected chi connectivity index (χ0v) is 15.0. The van der Waals surface area contributed by atoms with Crippen LogP contribution in [-0.4, -0.2) is 36.9 Å². The summed E-state index contributed by atoms with van der Waals surface area (Å²) in [4.78, 5) is 0. The molecule has 3 N–H and O–H groups in total. The first-order valence-corrected chi connectivity index (χ1v) is 9.67. The van der Waals surface area contributed by atoms with E-state index in [1.54, 1.807) is 38.1 Å². The van der Waals surface area contributed by atoms with E-state index in [0.29, 0.717) is 12.0 Å². The molecule has 6 nitrogen and oxygen atoms in total. The summed E-state index contributed by atoms with van der Waals surface area (Å²) in [6.07, 6.45) is 1.96. The molecule has 0 bridgehead atoms. The molecule has 0 saturated heterocycles. The highest BCUT2D eigenvalue weighted by Gasteiger charge is 2.36. The first-order valence-electron chi connectivity index (χ1n) is 8.06. The summed E-state index contributed by atoms with van der Waals surface area (Å²) < 4.78 is 24.1. The third-order valence-corrected chi connectivity index (χ3v) is 5.70. The molecule has 130 valence electrons. The Morgan fingerprint density at radius 3 is 2.13 bits per heavy atom. The molecule has 0 unspecified atom stereocenters. The van der Waals surface area contributed by atoms with Crippen molar-refractivity contribution in [3.05, 3.63) is 29.8 Å². The molecule has 0 saturated carbocycles. The average Bonchev–Trinajstić information content (AvgIpc) is 2.52. The quantitative estimate of drug-likeness (QED) is 0.324. The molecule has 0 radical (unpaired) electrons. The van der Waals surface area contributed by atoms with Gasteiger partial charge in [-0.3, -0.25) is 9.88 Å². The number of unbranched alkanes of at least 4 members (excludes halogenated alkanes) is 1. The third kappa shape index (κ3) is 6.03. The van der Waals surface area contributed by atoms with Crippen LogP contribution in [-0.2, 0) is 13.6 Å². The van der Waals surface area contributed by atoms with Crippen LogP contribution in [0.1, 0.15) is 45.0 Å². The Morgan fingerprint density at radius 1 is 1.13 bits per heavy atom. The summed E-state index contributed by atoms with van der Waals surface area (Å²) in [6, 6.07) is 6.61.